The lowest BCUT2D eigenvalue weighted by Gasteiger charge is -2.21. The van der Waals surface area contributed by atoms with E-state index in [2.05, 4.69) is 44.2 Å². The Morgan fingerprint density at radius 3 is 1.80 bits per heavy atom. The van der Waals surface area contributed by atoms with Crippen LogP contribution in [0.1, 0.15) is 96.5 Å². The molecule has 0 amide bonds. The third-order valence-corrected chi connectivity index (χ3v) is 5.04. The van der Waals surface area contributed by atoms with Gasteiger partial charge in [-0.15, -0.1) is 0 Å². The van der Waals surface area contributed by atoms with E-state index in [1.54, 1.807) is 0 Å². The van der Waals surface area contributed by atoms with E-state index < -0.39 is 5.97 Å². The third-order valence-electron chi connectivity index (χ3n) is 5.04. The molecule has 0 aliphatic rings. The first-order valence-corrected chi connectivity index (χ1v) is 10.3. The summed E-state index contributed by atoms with van der Waals surface area (Å²) >= 11 is 0. The number of carboxylic acid groups (broad SMARTS) is 1. The lowest BCUT2D eigenvalue weighted by Crippen LogP contribution is -2.16. The van der Waals surface area contributed by atoms with Gasteiger partial charge in [0.1, 0.15) is 0 Å². The topological polar surface area (TPSA) is 37.3 Å². The van der Waals surface area contributed by atoms with Crippen LogP contribution < -0.4 is 0 Å². The van der Waals surface area contributed by atoms with E-state index >= 15 is 0 Å². The van der Waals surface area contributed by atoms with Gasteiger partial charge in [-0.2, -0.15) is 0 Å². The summed E-state index contributed by atoms with van der Waals surface area (Å²) in [5, 5.41) is 8.88. The Kier molecular flexibility index (Phi) is 11.3. The van der Waals surface area contributed by atoms with Gasteiger partial charge in [0.2, 0.25) is 0 Å². The molecular weight excluding hydrogens is 308 g/mol. The van der Waals surface area contributed by atoms with Crippen molar-refractivity contribution < 1.29 is 9.90 Å². The van der Waals surface area contributed by atoms with Crippen LogP contribution in [-0.2, 0) is 11.2 Å². The van der Waals surface area contributed by atoms with Gasteiger partial charge in [0, 0.05) is 0 Å². The Balaban J connectivity index is 1.84. The van der Waals surface area contributed by atoms with Crippen molar-refractivity contribution in [3.63, 3.8) is 0 Å². The summed E-state index contributed by atoms with van der Waals surface area (Å²) < 4.78 is 0. The highest BCUT2D eigenvalue weighted by Gasteiger charge is 2.20. The minimum atomic E-state index is -0.672. The van der Waals surface area contributed by atoms with Gasteiger partial charge >= 0.3 is 5.97 Å². The van der Waals surface area contributed by atoms with Crippen molar-refractivity contribution in [3.05, 3.63) is 35.9 Å². The van der Waals surface area contributed by atoms with Crippen molar-refractivity contribution in [1.29, 1.82) is 0 Å². The number of hydrogen-bond acceptors (Lipinski definition) is 1. The number of carbonyl (C=O) groups is 1. The standard InChI is InChI=1S/C23H38O2/c1-23(2,20-22(24)25)19-15-10-8-6-4-3-5-7-9-12-16-21-17-13-11-14-18-21/h11,13-14,17-18H,3-10,12,15-16,19-20H2,1-2H3,(H,24,25). The molecule has 1 aromatic carbocycles. The molecule has 2 nitrogen and oxygen atoms in total. The Morgan fingerprint density at radius 2 is 1.28 bits per heavy atom. The van der Waals surface area contributed by atoms with E-state index in [0.29, 0.717) is 0 Å². The maximum Gasteiger partial charge on any atom is 0.303 e. The Labute approximate surface area is 155 Å². The van der Waals surface area contributed by atoms with Crippen LogP contribution in [0.5, 0.6) is 0 Å². The Bertz CT molecular complexity index is 450. The highest BCUT2D eigenvalue weighted by molar-refractivity contribution is 5.67. The van der Waals surface area contributed by atoms with E-state index in [-0.39, 0.29) is 11.8 Å². The maximum atomic E-state index is 10.8. The predicted molar refractivity (Wildman–Crippen MR) is 107 cm³/mol. The van der Waals surface area contributed by atoms with Crippen LogP contribution in [0.4, 0.5) is 0 Å². The highest BCUT2D eigenvalue weighted by atomic mass is 16.4. The average molecular weight is 347 g/mol. The summed E-state index contributed by atoms with van der Waals surface area (Å²) in [4.78, 5) is 10.8. The molecule has 0 radical (unpaired) electrons. The minimum absolute atomic E-state index is 0.0500. The smallest absolute Gasteiger partial charge is 0.303 e. The molecule has 1 rings (SSSR count). The molecule has 0 spiro atoms. The fourth-order valence-corrected chi connectivity index (χ4v) is 3.49. The zero-order chi connectivity index (χ0) is 18.4. The van der Waals surface area contributed by atoms with Gasteiger partial charge in [-0.3, -0.25) is 4.79 Å². The summed E-state index contributed by atoms with van der Waals surface area (Å²) in [7, 11) is 0. The van der Waals surface area contributed by atoms with E-state index in [9.17, 15) is 4.79 Å². The molecule has 0 aromatic heterocycles. The Hall–Kier alpha value is -1.31. The number of carboxylic acids is 1. The van der Waals surface area contributed by atoms with E-state index in [0.717, 1.165) is 6.42 Å². The molecule has 0 bridgehead atoms. The van der Waals surface area contributed by atoms with Gasteiger partial charge in [-0.05, 0) is 30.2 Å². The second-order valence-electron chi connectivity index (χ2n) is 8.26. The molecule has 142 valence electrons. The monoisotopic (exact) mass is 346 g/mol. The molecule has 1 aromatic rings. The second-order valence-corrected chi connectivity index (χ2v) is 8.26. The van der Waals surface area contributed by atoms with E-state index in [1.807, 2.05) is 0 Å². The molecule has 2 heteroatoms. The number of unbranched alkanes of at least 4 members (excludes halogenated alkanes) is 9. The number of benzene rings is 1. The van der Waals surface area contributed by atoms with Gasteiger partial charge < -0.3 is 5.11 Å². The Morgan fingerprint density at radius 1 is 0.800 bits per heavy atom. The molecule has 1 N–H and O–H groups in total. The van der Waals surface area contributed by atoms with Gasteiger partial charge in [-0.25, -0.2) is 0 Å². The molecule has 0 aliphatic carbocycles. The number of hydrogen-bond donors (Lipinski definition) is 1. The van der Waals surface area contributed by atoms with Crippen molar-refractivity contribution >= 4 is 5.97 Å². The summed E-state index contributed by atoms with van der Waals surface area (Å²) in [5.41, 5.74) is 1.42. The second kappa shape index (κ2) is 13.0. The third kappa shape index (κ3) is 12.7. The molecule has 0 unspecified atom stereocenters. The lowest BCUT2D eigenvalue weighted by atomic mass is 9.83. The van der Waals surface area contributed by atoms with E-state index in [4.69, 9.17) is 5.11 Å². The van der Waals surface area contributed by atoms with Crippen LogP contribution in [0.25, 0.3) is 0 Å². The van der Waals surface area contributed by atoms with Crippen LogP contribution in [0.3, 0.4) is 0 Å². The van der Waals surface area contributed by atoms with Gasteiger partial charge in [0.25, 0.3) is 0 Å². The van der Waals surface area contributed by atoms with Crippen molar-refractivity contribution in [3.8, 4) is 0 Å². The number of aliphatic carboxylic acids is 1. The fourth-order valence-electron chi connectivity index (χ4n) is 3.49. The molecule has 0 heterocycles. The largest absolute Gasteiger partial charge is 0.481 e. The minimum Gasteiger partial charge on any atom is -0.481 e. The number of aryl methyl sites for hydroxylation is 1. The first kappa shape index (κ1) is 21.7. The molecular formula is C23H38O2. The van der Waals surface area contributed by atoms with Crippen LogP contribution in [-0.4, -0.2) is 11.1 Å². The average Bonchev–Trinajstić information content (AvgIpc) is 2.55. The van der Waals surface area contributed by atoms with Crippen molar-refractivity contribution in [2.24, 2.45) is 5.41 Å². The molecule has 25 heavy (non-hydrogen) atoms. The molecule has 0 saturated heterocycles. The zero-order valence-electron chi connectivity index (χ0n) is 16.4. The van der Waals surface area contributed by atoms with E-state index in [1.165, 1.54) is 76.2 Å². The van der Waals surface area contributed by atoms with Crippen LogP contribution >= 0.6 is 0 Å². The quantitative estimate of drug-likeness (QED) is 0.346. The van der Waals surface area contributed by atoms with Gasteiger partial charge in [-0.1, -0.05) is 102 Å². The summed E-state index contributed by atoms with van der Waals surface area (Å²) in [6.45, 7) is 4.14. The molecule has 0 atom stereocenters. The summed E-state index contributed by atoms with van der Waals surface area (Å²) in [6, 6.07) is 10.8. The predicted octanol–water partition coefficient (Wildman–Crippen LogP) is 7.02. The van der Waals surface area contributed by atoms with Crippen LogP contribution in [0.15, 0.2) is 30.3 Å². The number of rotatable bonds is 15. The lowest BCUT2D eigenvalue weighted by molar-refractivity contribution is -0.139. The fraction of sp³-hybridized carbons (Fsp3) is 0.696. The van der Waals surface area contributed by atoms with Crippen LogP contribution in [0, 0.1) is 5.41 Å². The summed E-state index contributed by atoms with van der Waals surface area (Å²) in [5.74, 6) is -0.672. The van der Waals surface area contributed by atoms with Gasteiger partial charge in [0.05, 0.1) is 6.42 Å². The molecule has 0 saturated carbocycles. The zero-order valence-corrected chi connectivity index (χ0v) is 16.4. The highest BCUT2D eigenvalue weighted by Crippen LogP contribution is 2.28. The first-order valence-electron chi connectivity index (χ1n) is 10.3. The summed E-state index contributed by atoms with van der Waals surface area (Å²) in [6.07, 6.45) is 15.7. The maximum absolute atomic E-state index is 10.8. The van der Waals surface area contributed by atoms with Gasteiger partial charge in [0.15, 0.2) is 0 Å². The SMILES string of the molecule is CC(C)(CCCCCCCCCCCCc1ccccc1)CC(=O)O. The first-order chi connectivity index (χ1) is 12.0. The van der Waals surface area contributed by atoms with Crippen molar-refractivity contribution in [2.45, 2.75) is 97.3 Å². The normalized spacial score (nSPS) is 11.6. The van der Waals surface area contributed by atoms with Crippen molar-refractivity contribution in [1.82, 2.24) is 0 Å². The molecule has 0 aliphatic heterocycles. The van der Waals surface area contributed by atoms with Crippen LogP contribution in [0.2, 0.25) is 0 Å². The van der Waals surface area contributed by atoms with Crippen molar-refractivity contribution in [2.75, 3.05) is 0 Å². The molecule has 0 fully saturated rings.